The van der Waals surface area contributed by atoms with Crippen LogP contribution in [0.5, 0.6) is 0 Å². The van der Waals surface area contributed by atoms with Crippen molar-refractivity contribution >= 4 is 0 Å². The highest BCUT2D eigenvalue weighted by molar-refractivity contribution is 5.20. The number of benzene rings is 1. The minimum Gasteiger partial charge on any atom is -0.329 e. The van der Waals surface area contributed by atoms with E-state index in [1.165, 1.54) is 32.1 Å². The van der Waals surface area contributed by atoms with E-state index in [2.05, 4.69) is 18.7 Å². The van der Waals surface area contributed by atoms with Crippen molar-refractivity contribution < 1.29 is 4.39 Å². The number of nitrogens with zero attached hydrogens (tertiary/aromatic N) is 1. The predicted molar refractivity (Wildman–Crippen MR) is 86.8 cm³/mol. The maximum atomic E-state index is 14.0. The van der Waals surface area contributed by atoms with Gasteiger partial charge in [-0.1, -0.05) is 38.0 Å². The summed E-state index contributed by atoms with van der Waals surface area (Å²) in [7, 11) is 0. The lowest BCUT2D eigenvalue weighted by atomic mass is 9.85. The maximum absolute atomic E-state index is 14.0. The second-order valence-corrected chi connectivity index (χ2v) is 6.60. The second-order valence-electron chi connectivity index (χ2n) is 6.60. The van der Waals surface area contributed by atoms with E-state index in [9.17, 15) is 4.39 Å². The lowest BCUT2D eigenvalue weighted by molar-refractivity contribution is 0.0286. The summed E-state index contributed by atoms with van der Waals surface area (Å²) < 4.78 is 14.0. The maximum Gasteiger partial charge on any atom is 0.126 e. The average Bonchev–Trinajstić information content (AvgIpc) is 2.50. The summed E-state index contributed by atoms with van der Waals surface area (Å²) in [5.41, 5.74) is 6.76. The minimum atomic E-state index is -0.150. The van der Waals surface area contributed by atoms with Crippen LogP contribution in [0.3, 0.4) is 0 Å². The molecule has 118 valence electrons. The first-order chi connectivity index (χ1) is 10.1. The van der Waals surface area contributed by atoms with Gasteiger partial charge < -0.3 is 5.73 Å². The Bertz CT molecular complexity index is 447. The molecule has 2 unspecified atom stereocenters. The zero-order chi connectivity index (χ0) is 15.3. The summed E-state index contributed by atoms with van der Waals surface area (Å²) in [5.74, 6) is -0.110. The molecule has 1 aliphatic rings. The molecule has 0 spiro atoms. The zero-order valence-electron chi connectivity index (χ0n) is 13.4. The average molecular weight is 292 g/mol. The van der Waals surface area contributed by atoms with Crippen molar-refractivity contribution in [1.82, 2.24) is 4.90 Å². The highest BCUT2D eigenvalue weighted by Gasteiger charge is 2.37. The van der Waals surface area contributed by atoms with E-state index in [0.29, 0.717) is 19.0 Å². The van der Waals surface area contributed by atoms with Crippen molar-refractivity contribution in [3.8, 4) is 0 Å². The second kappa shape index (κ2) is 7.37. The Morgan fingerprint density at radius 1 is 1.33 bits per heavy atom. The third kappa shape index (κ3) is 3.83. The number of halogens is 1. The number of nitrogens with two attached hydrogens (primary N) is 1. The summed E-state index contributed by atoms with van der Waals surface area (Å²) in [6, 6.07) is 7.70. The summed E-state index contributed by atoms with van der Waals surface area (Å²) in [6.45, 7) is 6.10. The van der Waals surface area contributed by atoms with Gasteiger partial charge in [0, 0.05) is 18.1 Å². The molecule has 1 aromatic rings. The van der Waals surface area contributed by atoms with E-state index in [0.717, 1.165) is 12.1 Å². The van der Waals surface area contributed by atoms with Gasteiger partial charge in [-0.25, -0.2) is 4.39 Å². The van der Waals surface area contributed by atoms with Crippen LogP contribution in [0.25, 0.3) is 0 Å². The van der Waals surface area contributed by atoms with Gasteiger partial charge >= 0.3 is 0 Å². The third-order valence-electron chi connectivity index (χ3n) is 4.91. The normalized spacial score (nSPS) is 23.0. The fraction of sp³-hybridized carbons (Fsp3) is 0.667. The molecule has 0 saturated carbocycles. The fourth-order valence-electron chi connectivity index (χ4n) is 3.69. The van der Waals surface area contributed by atoms with Crippen LogP contribution in [-0.2, 0) is 6.42 Å². The summed E-state index contributed by atoms with van der Waals surface area (Å²) in [5, 5.41) is 0. The topological polar surface area (TPSA) is 29.3 Å². The Hall–Kier alpha value is -0.930. The van der Waals surface area contributed by atoms with Crippen LogP contribution < -0.4 is 5.73 Å². The molecule has 0 amide bonds. The van der Waals surface area contributed by atoms with Crippen LogP contribution in [0.4, 0.5) is 4.39 Å². The number of rotatable bonds is 6. The lowest BCUT2D eigenvalue weighted by Crippen LogP contribution is -2.58. The van der Waals surface area contributed by atoms with Gasteiger partial charge in [-0.05, 0) is 50.8 Å². The van der Waals surface area contributed by atoms with Crippen molar-refractivity contribution in [2.24, 2.45) is 5.73 Å². The fourth-order valence-corrected chi connectivity index (χ4v) is 3.69. The van der Waals surface area contributed by atoms with Gasteiger partial charge in [0.15, 0.2) is 0 Å². The molecule has 0 radical (unpaired) electrons. The Balaban J connectivity index is 2.20. The third-order valence-corrected chi connectivity index (χ3v) is 4.91. The quantitative estimate of drug-likeness (QED) is 0.865. The predicted octanol–water partition coefficient (Wildman–Crippen LogP) is 3.74. The first-order valence-electron chi connectivity index (χ1n) is 8.31. The highest BCUT2D eigenvalue weighted by atomic mass is 19.1. The summed E-state index contributed by atoms with van der Waals surface area (Å²) >= 11 is 0. The van der Waals surface area contributed by atoms with Gasteiger partial charge in [0.25, 0.3) is 0 Å². The van der Waals surface area contributed by atoms with Crippen molar-refractivity contribution in [3.05, 3.63) is 35.6 Å². The van der Waals surface area contributed by atoms with E-state index in [1.807, 2.05) is 12.1 Å². The summed E-state index contributed by atoms with van der Waals surface area (Å²) in [4.78, 5) is 2.56. The van der Waals surface area contributed by atoms with Crippen molar-refractivity contribution in [2.45, 2.75) is 64.0 Å². The molecule has 0 aromatic heterocycles. The molecule has 2 nitrogen and oxygen atoms in total. The first kappa shape index (κ1) is 16.4. The van der Waals surface area contributed by atoms with E-state index in [-0.39, 0.29) is 11.4 Å². The van der Waals surface area contributed by atoms with Gasteiger partial charge in [0.1, 0.15) is 5.82 Å². The van der Waals surface area contributed by atoms with Gasteiger partial charge in [-0.2, -0.15) is 0 Å². The molecule has 1 saturated heterocycles. The Labute approximate surface area is 128 Å². The molecule has 1 fully saturated rings. The summed E-state index contributed by atoms with van der Waals surface area (Å²) in [6.07, 6.45) is 6.89. The largest absolute Gasteiger partial charge is 0.329 e. The molecule has 21 heavy (non-hydrogen) atoms. The van der Waals surface area contributed by atoms with Crippen LogP contribution in [0.2, 0.25) is 0 Å². The molecule has 2 N–H and O–H groups in total. The lowest BCUT2D eigenvalue weighted by Gasteiger charge is -2.48. The SMILES string of the molecule is CCCC1CCCCN1C(C)(CN)Cc1ccccc1F. The molecule has 2 rings (SSSR count). The van der Waals surface area contributed by atoms with Crippen LogP contribution >= 0.6 is 0 Å². The zero-order valence-corrected chi connectivity index (χ0v) is 13.4. The number of likely N-dealkylation sites (tertiary alicyclic amines) is 1. The van der Waals surface area contributed by atoms with E-state index in [1.54, 1.807) is 12.1 Å². The Morgan fingerprint density at radius 2 is 2.10 bits per heavy atom. The van der Waals surface area contributed by atoms with Gasteiger partial charge in [-0.3, -0.25) is 4.90 Å². The molecule has 0 bridgehead atoms. The van der Waals surface area contributed by atoms with Gasteiger partial charge in [0.05, 0.1) is 0 Å². The molecule has 1 aromatic carbocycles. The van der Waals surface area contributed by atoms with Crippen LogP contribution in [-0.4, -0.2) is 29.6 Å². The van der Waals surface area contributed by atoms with E-state index in [4.69, 9.17) is 5.73 Å². The molecule has 1 heterocycles. The smallest absolute Gasteiger partial charge is 0.126 e. The standard InChI is InChI=1S/C18H29FN2/c1-3-8-16-10-6-7-12-21(16)18(2,14-20)13-15-9-4-5-11-17(15)19/h4-5,9,11,16H,3,6-8,10,12-14,20H2,1-2H3. The number of hydrogen-bond acceptors (Lipinski definition) is 2. The van der Waals surface area contributed by atoms with E-state index < -0.39 is 0 Å². The Morgan fingerprint density at radius 3 is 2.76 bits per heavy atom. The number of piperidine rings is 1. The minimum absolute atomic E-state index is 0.110. The highest BCUT2D eigenvalue weighted by Crippen LogP contribution is 2.31. The van der Waals surface area contributed by atoms with Crippen LogP contribution in [0.1, 0.15) is 51.5 Å². The molecule has 1 aliphatic heterocycles. The molecular formula is C18H29FN2. The molecule has 2 atom stereocenters. The van der Waals surface area contributed by atoms with Gasteiger partial charge in [0.2, 0.25) is 0 Å². The Kier molecular flexibility index (Phi) is 5.77. The van der Waals surface area contributed by atoms with Crippen molar-refractivity contribution in [3.63, 3.8) is 0 Å². The molecule has 0 aliphatic carbocycles. The van der Waals surface area contributed by atoms with Crippen molar-refractivity contribution in [1.29, 1.82) is 0 Å². The molecular weight excluding hydrogens is 263 g/mol. The van der Waals surface area contributed by atoms with Crippen LogP contribution in [0, 0.1) is 5.82 Å². The van der Waals surface area contributed by atoms with Gasteiger partial charge in [-0.15, -0.1) is 0 Å². The first-order valence-corrected chi connectivity index (χ1v) is 8.31. The van der Waals surface area contributed by atoms with Crippen LogP contribution in [0.15, 0.2) is 24.3 Å². The van der Waals surface area contributed by atoms with E-state index >= 15 is 0 Å². The van der Waals surface area contributed by atoms with Crippen molar-refractivity contribution in [2.75, 3.05) is 13.1 Å². The monoisotopic (exact) mass is 292 g/mol. The molecule has 3 heteroatoms. The number of hydrogen-bond donors (Lipinski definition) is 1.